The molecule has 4 heteroatoms. The van der Waals surface area contributed by atoms with E-state index in [4.69, 9.17) is 13.8 Å². The van der Waals surface area contributed by atoms with Crippen molar-refractivity contribution >= 4 is 71.6 Å². The van der Waals surface area contributed by atoms with Crippen molar-refractivity contribution in [1.82, 2.24) is 4.98 Å². The standard InChI is InChI=1S/C45H28N2O2/c1-2-13-32(14-3-1)47(33-23-20-31(21-24-33)36-17-8-12-29-10-4-6-15-35(29)36)34-25-26-38-42(28-34)48-41-19-9-18-39(43(38)41)45-46-40-27-22-30-11-5-7-16-37(30)44(40)49-45/h1-28H. The Bertz CT molecular complexity index is 2820. The molecule has 0 atom stereocenters. The smallest absolute Gasteiger partial charge is 0.228 e. The number of hydrogen-bond acceptors (Lipinski definition) is 4. The van der Waals surface area contributed by atoms with E-state index in [0.717, 1.165) is 66.4 Å². The fourth-order valence-corrected chi connectivity index (χ4v) is 7.19. The highest BCUT2D eigenvalue weighted by Crippen LogP contribution is 2.42. The number of anilines is 3. The van der Waals surface area contributed by atoms with Crippen LogP contribution in [0.1, 0.15) is 0 Å². The lowest BCUT2D eigenvalue weighted by Gasteiger charge is -2.25. The Hall–Kier alpha value is -6.65. The lowest BCUT2D eigenvalue weighted by atomic mass is 9.98. The summed E-state index contributed by atoms with van der Waals surface area (Å²) in [6, 6.07) is 59.2. The van der Waals surface area contributed by atoms with Crippen LogP contribution < -0.4 is 4.90 Å². The summed E-state index contributed by atoms with van der Waals surface area (Å²) in [6.45, 7) is 0. The Morgan fingerprint density at radius 2 is 1.10 bits per heavy atom. The van der Waals surface area contributed by atoms with Crippen LogP contribution in [0.2, 0.25) is 0 Å². The number of benzene rings is 8. The van der Waals surface area contributed by atoms with Gasteiger partial charge in [0.05, 0.1) is 0 Å². The van der Waals surface area contributed by atoms with Gasteiger partial charge in [-0.3, -0.25) is 0 Å². The number of fused-ring (bicyclic) bond motifs is 7. The molecule has 49 heavy (non-hydrogen) atoms. The van der Waals surface area contributed by atoms with Crippen LogP contribution in [0.4, 0.5) is 17.1 Å². The van der Waals surface area contributed by atoms with Gasteiger partial charge in [0.15, 0.2) is 5.58 Å². The second-order valence-corrected chi connectivity index (χ2v) is 12.4. The molecule has 10 rings (SSSR count). The molecule has 0 bridgehead atoms. The molecule has 0 aliphatic carbocycles. The van der Waals surface area contributed by atoms with Gasteiger partial charge in [-0.15, -0.1) is 0 Å². The SMILES string of the molecule is c1ccc(N(c2ccc(-c3cccc4ccccc34)cc2)c2ccc3c(c2)oc2cccc(-c4nc5ccc6ccccc6c5o4)c23)cc1. The molecule has 0 aliphatic heterocycles. The van der Waals surface area contributed by atoms with Crippen molar-refractivity contribution in [2.24, 2.45) is 0 Å². The van der Waals surface area contributed by atoms with Gasteiger partial charge in [0, 0.05) is 44.9 Å². The quantitative estimate of drug-likeness (QED) is 0.190. The van der Waals surface area contributed by atoms with E-state index in [0.29, 0.717) is 5.89 Å². The third kappa shape index (κ3) is 4.49. The van der Waals surface area contributed by atoms with Gasteiger partial charge in [-0.2, -0.15) is 0 Å². The molecule has 0 saturated heterocycles. The van der Waals surface area contributed by atoms with Crippen molar-refractivity contribution in [3.05, 3.63) is 170 Å². The Morgan fingerprint density at radius 1 is 0.429 bits per heavy atom. The first kappa shape index (κ1) is 27.5. The second-order valence-electron chi connectivity index (χ2n) is 12.4. The van der Waals surface area contributed by atoms with E-state index in [1.807, 2.05) is 36.4 Å². The van der Waals surface area contributed by atoms with Gasteiger partial charge in [-0.1, -0.05) is 109 Å². The van der Waals surface area contributed by atoms with Gasteiger partial charge in [0.2, 0.25) is 5.89 Å². The van der Waals surface area contributed by atoms with Crippen LogP contribution in [0.25, 0.3) is 77.2 Å². The van der Waals surface area contributed by atoms with Crippen LogP contribution in [-0.4, -0.2) is 4.98 Å². The van der Waals surface area contributed by atoms with E-state index in [2.05, 4.69) is 138 Å². The van der Waals surface area contributed by atoms with Crippen molar-refractivity contribution in [2.75, 3.05) is 4.90 Å². The maximum atomic E-state index is 6.54. The van der Waals surface area contributed by atoms with Crippen LogP contribution in [-0.2, 0) is 0 Å². The van der Waals surface area contributed by atoms with Gasteiger partial charge in [-0.25, -0.2) is 4.98 Å². The summed E-state index contributed by atoms with van der Waals surface area (Å²) in [5, 5.41) is 6.67. The number of rotatable bonds is 5. The van der Waals surface area contributed by atoms with Crippen LogP contribution in [0.15, 0.2) is 179 Å². The molecule has 0 amide bonds. The zero-order valence-electron chi connectivity index (χ0n) is 26.4. The highest BCUT2D eigenvalue weighted by molar-refractivity contribution is 6.13. The molecule has 0 saturated carbocycles. The molecule has 0 fully saturated rings. The van der Waals surface area contributed by atoms with Crippen molar-refractivity contribution < 1.29 is 8.83 Å². The fraction of sp³-hybridized carbons (Fsp3) is 0. The topological polar surface area (TPSA) is 42.4 Å². The molecule has 0 aliphatic rings. The Labute approximate surface area is 282 Å². The molecule has 8 aromatic carbocycles. The summed E-state index contributed by atoms with van der Waals surface area (Å²) in [5.41, 5.74) is 9.68. The van der Waals surface area contributed by atoms with E-state index in [9.17, 15) is 0 Å². The molecule has 4 nitrogen and oxygen atoms in total. The first-order valence-corrected chi connectivity index (χ1v) is 16.5. The van der Waals surface area contributed by atoms with Gasteiger partial charge in [0.25, 0.3) is 0 Å². The molecule has 2 heterocycles. The van der Waals surface area contributed by atoms with Crippen molar-refractivity contribution in [2.45, 2.75) is 0 Å². The largest absolute Gasteiger partial charge is 0.456 e. The summed E-state index contributed by atoms with van der Waals surface area (Å²) < 4.78 is 13.0. The minimum atomic E-state index is 0.584. The second kappa shape index (κ2) is 11.0. The first-order chi connectivity index (χ1) is 24.3. The third-order valence-electron chi connectivity index (χ3n) is 9.49. The first-order valence-electron chi connectivity index (χ1n) is 16.5. The summed E-state index contributed by atoms with van der Waals surface area (Å²) in [6.07, 6.45) is 0. The molecule has 230 valence electrons. The number of para-hydroxylation sites is 1. The average Bonchev–Trinajstić information content (AvgIpc) is 3.77. The summed E-state index contributed by atoms with van der Waals surface area (Å²) in [4.78, 5) is 7.19. The molecule has 0 N–H and O–H groups in total. The Kier molecular flexibility index (Phi) is 6.15. The minimum Gasteiger partial charge on any atom is -0.456 e. The zero-order chi connectivity index (χ0) is 32.3. The molecule has 2 aromatic heterocycles. The molecule has 0 spiro atoms. The average molecular weight is 629 g/mol. The van der Waals surface area contributed by atoms with Crippen molar-refractivity contribution in [3.8, 4) is 22.6 Å². The molecule has 0 unspecified atom stereocenters. The monoisotopic (exact) mass is 628 g/mol. The fourth-order valence-electron chi connectivity index (χ4n) is 7.19. The van der Waals surface area contributed by atoms with Gasteiger partial charge < -0.3 is 13.7 Å². The predicted octanol–water partition coefficient (Wildman–Crippen LogP) is 12.8. The third-order valence-corrected chi connectivity index (χ3v) is 9.49. The molecular weight excluding hydrogens is 601 g/mol. The number of hydrogen-bond donors (Lipinski definition) is 0. The molecule has 0 radical (unpaired) electrons. The van der Waals surface area contributed by atoms with Crippen LogP contribution in [0, 0.1) is 0 Å². The van der Waals surface area contributed by atoms with E-state index in [-0.39, 0.29) is 0 Å². The van der Waals surface area contributed by atoms with Crippen molar-refractivity contribution in [3.63, 3.8) is 0 Å². The zero-order valence-corrected chi connectivity index (χ0v) is 26.4. The minimum absolute atomic E-state index is 0.584. The normalized spacial score (nSPS) is 11.7. The number of nitrogens with zero attached hydrogens (tertiary/aromatic N) is 2. The van der Waals surface area contributed by atoms with E-state index in [1.165, 1.54) is 21.9 Å². The summed E-state index contributed by atoms with van der Waals surface area (Å²) in [7, 11) is 0. The van der Waals surface area contributed by atoms with Crippen LogP contribution in [0.5, 0.6) is 0 Å². The summed E-state index contributed by atoms with van der Waals surface area (Å²) in [5.74, 6) is 0.584. The summed E-state index contributed by atoms with van der Waals surface area (Å²) >= 11 is 0. The highest BCUT2D eigenvalue weighted by atomic mass is 16.3. The maximum absolute atomic E-state index is 6.54. The van der Waals surface area contributed by atoms with Gasteiger partial charge in [-0.05, 0) is 81.9 Å². The highest BCUT2D eigenvalue weighted by Gasteiger charge is 2.20. The van der Waals surface area contributed by atoms with E-state index in [1.54, 1.807) is 0 Å². The Morgan fingerprint density at radius 3 is 1.96 bits per heavy atom. The van der Waals surface area contributed by atoms with Gasteiger partial charge in [0.1, 0.15) is 16.7 Å². The maximum Gasteiger partial charge on any atom is 0.228 e. The molecular formula is C45H28N2O2. The lowest BCUT2D eigenvalue weighted by molar-refractivity contribution is 0.623. The van der Waals surface area contributed by atoms with Crippen LogP contribution in [0.3, 0.4) is 0 Å². The predicted molar refractivity (Wildman–Crippen MR) is 202 cm³/mol. The number of oxazole rings is 1. The molecule has 10 aromatic rings. The Balaban J connectivity index is 1.09. The van der Waals surface area contributed by atoms with E-state index < -0.39 is 0 Å². The lowest BCUT2D eigenvalue weighted by Crippen LogP contribution is -2.09. The number of aromatic nitrogens is 1. The van der Waals surface area contributed by atoms with Crippen LogP contribution >= 0.6 is 0 Å². The number of furan rings is 1. The van der Waals surface area contributed by atoms with Gasteiger partial charge >= 0.3 is 0 Å². The van der Waals surface area contributed by atoms with E-state index >= 15 is 0 Å². The van der Waals surface area contributed by atoms with Crippen molar-refractivity contribution in [1.29, 1.82) is 0 Å².